The number of aromatic amines is 1. The zero-order valence-corrected chi connectivity index (χ0v) is 16.1. The topological polar surface area (TPSA) is 79.9 Å². The minimum atomic E-state index is -0.491. The molecule has 0 spiro atoms. The van der Waals surface area contributed by atoms with Crippen molar-refractivity contribution >= 4 is 23.4 Å². The summed E-state index contributed by atoms with van der Waals surface area (Å²) in [6.07, 6.45) is 0. The maximum absolute atomic E-state index is 14.0. The minimum absolute atomic E-state index is 0.0461. The number of hydrogen-bond donors (Lipinski definition) is 2. The Morgan fingerprint density at radius 1 is 1.25 bits per heavy atom. The zero-order chi connectivity index (χ0) is 20.1. The summed E-state index contributed by atoms with van der Waals surface area (Å²) >= 11 is 1.11. The first-order valence-corrected chi connectivity index (χ1v) is 9.48. The first kappa shape index (κ1) is 19.8. The molecule has 1 aromatic heterocycles. The molecular formula is C19H18F2N4O2S. The fourth-order valence-electron chi connectivity index (χ4n) is 2.50. The lowest BCUT2D eigenvalue weighted by molar-refractivity contribution is -0.113. The van der Waals surface area contributed by atoms with Gasteiger partial charge in [0.1, 0.15) is 5.82 Å². The molecule has 146 valence electrons. The third-order valence-corrected chi connectivity index (χ3v) is 4.48. The predicted octanol–water partition coefficient (Wildman–Crippen LogP) is 4.19. The average molecular weight is 404 g/mol. The van der Waals surface area contributed by atoms with E-state index in [4.69, 9.17) is 4.74 Å². The summed E-state index contributed by atoms with van der Waals surface area (Å²) in [7, 11) is 0. The smallest absolute Gasteiger partial charge is 0.234 e. The lowest BCUT2D eigenvalue weighted by Crippen LogP contribution is -2.14. The number of H-pyrrole nitrogens is 1. The SMILES string of the molecule is CCOc1ccc(-c2nc(SCC(=O)Nc3cc(C)cc(F)c3)n[nH]2)cc1F. The van der Waals surface area contributed by atoms with E-state index in [0.717, 1.165) is 11.8 Å². The number of rotatable bonds is 7. The van der Waals surface area contributed by atoms with Crippen LogP contribution in [-0.2, 0) is 4.79 Å². The molecule has 0 aliphatic carbocycles. The summed E-state index contributed by atoms with van der Waals surface area (Å²) < 4.78 is 32.5. The second kappa shape index (κ2) is 8.83. The Hall–Kier alpha value is -2.94. The lowest BCUT2D eigenvalue weighted by Gasteiger charge is -2.05. The summed E-state index contributed by atoms with van der Waals surface area (Å²) in [6.45, 7) is 3.89. The largest absolute Gasteiger partial charge is 0.491 e. The van der Waals surface area contributed by atoms with Crippen LogP contribution in [0.3, 0.4) is 0 Å². The molecule has 0 aliphatic rings. The van der Waals surface area contributed by atoms with Gasteiger partial charge in [-0.15, -0.1) is 5.10 Å². The Morgan fingerprint density at radius 2 is 2.07 bits per heavy atom. The van der Waals surface area contributed by atoms with Gasteiger partial charge < -0.3 is 10.1 Å². The number of carbonyl (C=O) groups excluding carboxylic acids is 1. The van der Waals surface area contributed by atoms with Gasteiger partial charge in [-0.3, -0.25) is 9.89 Å². The van der Waals surface area contributed by atoms with Crippen molar-refractivity contribution in [2.45, 2.75) is 19.0 Å². The summed E-state index contributed by atoms with van der Waals surface area (Å²) in [6, 6.07) is 8.81. The molecule has 0 atom stereocenters. The Labute approximate surface area is 164 Å². The number of ether oxygens (including phenoxy) is 1. The Balaban J connectivity index is 1.60. The molecule has 0 unspecified atom stereocenters. The van der Waals surface area contributed by atoms with Crippen LogP contribution in [0, 0.1) is 18.6 Å². The molecule has 2 N–H and O–H groups in total. The van der Waals surface area contributed by atoms with E-state index < -0.39 is 11.6 Å². The highest BCUT2D eigenvalue weighted by molar-refractivity contribution is 7.99. The van der Waals surface area contributed by atoms with E-state index >= 15 is 0 Å². The van der Waals surface area contributed by atoms with Crippen molar-refractivity contribution in [1.82, 2.24) is 15.2 Å². The number of aryl methyl sites for hydroxylation is 1. The van der Waals surface area contributed by atoms with E-state index in [9.17, 15) is 13.6 Å². The predicted molar refractivity (Wildman–Crippen MR) is 103 cm³/mol. The van der Waals surface area contributed by atoms with E-state index in [1.54, 1.807) is 26.0 Å². The van der Waals surface area contributed by atoms with Crippen LogP contribution in [0.2, 0.25) is 0 Å². The van der Waals surface area contributed by atoms with Gasteiger partial charge in [0, 0.05) is 11.3 Å². The fourth-order valence-corrected chi connectivity index (χ4v) is 3.09. The van der Waals surface area contributed by atoms with E-state index in [1.165, 1.54) is 24.3 Å². The van der Waals surface area contributed by atoms with Crippen molar-refractivity contribution in [3.63, 3.8) is 0 Å². The van der Waals surface area contributed by atoms with Crippen molar-refractivity contribution in [3.8, 4) is 17.1 Å². The maximum atomic E-state index is 14.0. The van der Waals surface area contributed by atoms with Crippen LogP contribution in [0.25, 0.3) is 11.4 Å². The van der Waals surface area contributed by atoms with Crippen molar-refractivity contribution in [2.24, 2.45) is 0 Å². The normalized spacial score (nSPS) is 10.7. The van der Waals surface area contributed by atoms with E-state index in [-0.39, 0.29) is 17.4 Å². The molecule has 0 saturated heterocycles. The molecule has 1 heterocycles. The molecule has 0 bridgehead atoms. The molecular weight excluding hydrogens is 386 g/mol. The van der Waals surface area contributed by atoms with Gasteiger partial charge in [0.25, 0.3) is 0 Å². The Bertz CT molecular complexity index is 974. The van der Waals surface area contributed by atoms with Crippen LogP contribution in [0.15, 0.2) is 41.6 Å². The molecule has 6 nitrogen and oxygen atoms in total. The molecule has 9 heteroatoms. The number of anilines is 1. The van der Waals surface area contributed by atoms with Crippen LogP contribution in [-0.4, -0.2) is 33.4 Å². The highest BCUT2D eigenvalue weighted by atomic mass is 32.2. The van der Waals surface area contributed by atoms with Crippen molar-refractivity contribution in [2.75, 3.05) is 17.7 Å². The van der Waals surface area contributed by atoms with Crippen LogP contribution >= 0.6 is 11.8 Å². The van der Waals surface area contributed by atoms with Gasteiger partial charge in [0.05, 0.1) is 12.4 Å². The average Bonchev–Trinajstić information content (AvgIpc) is 3.10. The molecule has 28 heavy (non-hydrogen) atoms. The van der Waals surface area contributed by atoms with Crippen LogP contribution in [0.1, 0.15) is 12.5 Å². The van der Waals surface area contributed by atoms with Gasteiger partial charge in [-0.25, -0.2) is 13.8 Å². The number of halogens is 2. The maximum Gasteiger partial charge on any atom is 0.234 e. The molecule has 0 saturated carbocycles. The highest BCUT2D eigenvalue weighted by Crippen LogP contribution is 2.25. The highest BCUT2D eigenvalue weighted by Gasteiger charge is 2.12. The van der Waals surface area contributed by atoms with Crippen molar-refractivity contribution in [3.05, 3.63) is 53.6 Å². The second-order valence-electron chi connectivity index (χ2n) is 5.90. The van der Waals surface area contributed by atoms with Gasteiger partial charge in [0.15, 0.2) is 17.4 Å². The van der Waals surface area contributed by atoms with Gasteiger partial charge in [-0.05, 0) is 55.8 Å². The number of aromatic nitrogens is 3. The van der Waals surface area contributed by atoms with Gasteiger partial charge in [0.2, 0.25) is 11.1 Å². The first-order valence-electron chi connectivity index (χ1n) is 8.49. The van der Waals surface area contributed by atoms with E-state index in [2.05, 4.69) is 20.5 Å². The van der Waals surface area contributed by atoms with Crippen molar-refractivity contribution in [1.29, 1.82) is 0 Å². The fraction of sp³-hybridized carbons (Fsp3) is 0.211. The minimum Gasteiger partial charge on any atom is -0.491 e. The monoisotopic (exact) mass is 404 g/mol. The van der Waals surface area contributed by atoms with Crippen LogP contribution < -0.4 is 10.1 Å². The third kappa shape index (κ3) is 5.07. The summed E-state index contributed by atoms with van der Waals surface area (Å²) in [5.41, 5.74) is 1.62. The third-order valence-electron chi connectivity index (χ3n) is 3.63. The number of amides is 1. The Morgan fingerprint density at radius 3 is 2.79 bits per heavy atom. The van der Waals surface area contributed by atoms with E-state index in [0.29, 0.717) is 34.4 Å². The molecule has 0 fully saturated rings. The number of nitrogens with zero attached hydrogens (tertiary/aromatic N) is 2. The van der Waals surface area contributed by atoms with Gasteiger partial charge in [-0.1, -0.05) is 11.8 Å². The molecule has 2 aromatic carbocycles. The quantitative estimate of drug-likeness (QED) is 0.578. The summed E-state index contributed by atoms with van der Waals surface area (Å²) in [5.74, 6) is -0.618. The lowest BCUT2D eigenvalue weighted by atomic mass is 10.2. The summed E-state index contributed by atoms with van der Waals surface area (Å²) in [5, 5.41) is 9.71. The van der Waals surface area contributed by atoms with E-state index in [1.807, 2.05) is 0 Å². The number of benzene rings is 2. The zero-order valence-electron chi connectivity index (χ0n) is 15.3. The van der Waals surface area contributed by atoms with Crippen LogP contribution in [0.4, 0.5) is 14.5 Å². The molecule has 3 aromatic rings. The second-order valence-corrected chi connectivity index (χ2v) is 6.84. The number of hydrogen-bond acceptors (Lipinski definition) is 5. The van der Waals surface area contributed by atoms with Crippen molar-refractivity contribution < 1.29 is 18.3 Å². The molecule has 0 aliphatic heterocycles. The number of nitrogens with one attached hydrogen (secondary N) is 2. The number of carbonyl (C=O) groups is 1. The van der Waals surface area contributed by atoms with Gasteiger partial charge >= 0.3 is 0 Å². The molecule has 1 amide bonds. The first-order chi connectivity index (χ1) is 13.4. The Kier molecular flexibility index (Phi) is 6.25. The molecule has 0 radical (unpaired) electrons. The van der Waals surface area contributed by atoms with Crippen LogP contribution in [0.5, 0.6) is 5.75 Å². The molecule has 3 rings (SSSR count). The number of thioether (sulfide) groups is 1. The summed E-state index contributed by atoms with van der Waals surface area (Å²) in [4.78, 5) is 16.3. The van der Waals surface area contributed by atoms with Gasteiger partial charge in [-0.2, -0.15) is 0 Å². The standard InChI is InChI=1S/C19H18F2N4O2S/c1-3-27-16-5-4-12(8-15(16)21)18-23-19(25-24-18)28-10-17(26)22-14-7-11(2)6-13(20)9-14/h4-9H,3,10H2,1-2H3,(H,22,26)(H,23,24,25).